The fourth-order valence-corrected chi connectivity index (χ4v) is 3.70. The predicted octanol–water partition coefficient (Wildman–Crippen LogP) is 3.65. The molecule has 1 heterocycles. The van der Waals surface area contributed by atoms with Gasteiger partial charge >= 0.3 is 0 Å². The van der Waals surface area contributed by atoms with Gasteiger partial charge in [-0.1, -0.05) is 37.5 Å². The highest BCUT2D eigenvalue weighted by atomic mass is 19.1. The third-order valence-corrected chi connectivity index (χ3v) is 5.16. The lowest BCUT2D eigenvalue weighted by Gasteiger charge is -2.27. The molecule has 1 aromatic rings. The van der Waals surface area contributed by atoms with E-state index in [9.17, 15) is 9.18 Å². The first kappa shape index (κ1) is 17.2. The summed E-state index contributed by atoms with van der Waals surface area (Å²) in [6.45, 7) is 3.15. The van der Waals surface area contributed by atoms with Crippen LogP contribution in [0.15, 0.2) is 35.9 Å². The summed E-state index contributed by atoms with van der Waals surface area (Å²) in [5.41, 5.74) is 1.88. The van der Waals surface area contributed by atoms with Crippen molar-refractivity contribution < 1.29 is 9.18 Å². The summed E-state index contributed by atoms with van der Waals surface area (Å²) in [6.07, 6.45) is 9.25. The lowest BCUT2D eigenvalue weighted by Crippen LogP contribution is -2.35. The van der Waals surface area contributed by atoms with E-state index in [1.165, 1.54) is 38.2 Å². The number of nitrogens with zero attached hydrogens (tertiary/aromatic N) is 1. The summed E-state index contributed by atoms with van der Waals surface area (Å²) < 4.78 is 13.2. The van der Waals surface area contributed by atoms with Gasteiger partial charge in [-0.3, -0.25) is 9.69 Å². The largest absolute Gasteiger partial charge is 0.352 e. The lowest BCUT2D eigenvalue weighted by molar-refractivity contribution is -0.118. The molecule has 0 atom stereocenters. The Balaban J connectivity index is 1.45. The van der Waals surface area contributed by atoms with Gasteiger partial charge in [-0.2, -0.15) is 0 Å². The van der Waals surface area contributed by atoms with Crippen LogP contribution >= 0.6 is 0 Å². The number of amides is 1. The molecule has 0 saturated heterocycles. The lowest BCUT2D eigenvalue weighted by atomic mass is 9.89. The summed E-state index contributed by atoms with van der Waals surface area (Å²) >= 11 is 0. The van der Waals surface area contributed by atoms with E-state index in [4.69, 9.17) is 0 Å². The monoisotopic (exact) mass is 330 g/mol. The molecule has 3 nitrogen and oxygen atoms in total. The number of hydrogen-bond donors (Lipinski definition) is 1. The van der Waals surface area contributed by atoms with Crippen LogP contribution in [-0.4, -0.2) is 30.4 Å². The smallest absolute Gasteiger partial charge is 0.246 e. The van der Waals surface area contributed by atoms with Crippen molar-refractivity contribution in [2.45, 2.75) is 45.1 Å². The van der Waals surface area contributed by atoms with Crippen LogP contribution in [-0.2, 0) is 11.3 Å². The zero-order valence-corrected chi connectivity index (χ0v) is 14.3. The molecule has 0 unspecified atom stereocenters. The molecule has 1 amide bonds. The van der Waals surface area contributed by atoms with Crippen molar-refractivity contribution in [3.8, 4) is 0 Å². The van der Waals surface area contributed by atoms with Gasteiger partial charge < -0.3 is 5.32 Å². The van der Waals surface area contributed by atoms with Crippen LogP contribution < -0.4 is 5.32 Å². The maximum Gasteiger partial charge on any atom is 0.246 e. The standard InChI is InChI=1S/C20H27FN2O/c21-19-8-4-7-17(13-19)15-23-11-9-18(10-12-23)20(24)22-14-16-5-2-1-3-6-16/h4,7-9,13,16H,1-3,5-6,10-12,14-15H2,(H,22,24). The van der Waals surface area contributed by atoms with Gasteiger partial charge in [-0.15, -0.1) is 0 Å². The summed E-state index contributed by atoms with van der Waals surface area (Å²) in [5.74, 6) is 0.574. The van der Waals surface area contributed by atoms with Gasteiger partial charge in [0.15, 0.2) is 0 Å². The molecule has 1 saturated carbocycles. The molecule has 24 heavy (non-hydrogen) atoms. The summed E-state index contributed by atoms with van der Waals surface area (Å²) in [7, 11) is 0. The van der Waals surface area contributed by atoms with Gasteiger partial charge in [0.2, 0.25) is 5.91 Å². The summed E-state index contributed by atoms with van der Waals surface area (Å²) in [5, 5.41) is 3.12. The van der Waals surface area contributed by atoms with Crippen molar-refractivity contribution >= 4 is 5.91 Å². The average molecular weight is 330 g/mol. The molecule has 4 heteroatoms. The van der Waals surface area contributed by atoms with E-state index in [2.05, 4.69) is 10.2 Å². The van der Waals surface area contributed by atoms with E-state index in [0.29, 0.717) is 5.92 Å². The molecule has 130 valence electrons. The molecule has 1 fully saturated rings. The third kappa shape index (κ3) is 4.91. The number of nitrogens with one attached hydrogen (secondary N) is 1. The highest BCUT2D eigenvalue weighted by molar-refractivity contribution is 5.93. The predicted molar refractivity (Wildman–Crippen MR) is 94.0 cm³/mol. The van der Waals surface area contributed by atoms with Crippen molar-refractivity contribution in [3.63, 3.8) is 0 Å². The second kappa shape index (κ2) is 8.43. The minimum Gasteiger partial charge on any atom is -0.352 e. The van der Waals surface area contributed by atoms with Crippen LogP contribution in [0.25, 0.3) is 0 Å². The molecule has 3 rings (SSSR count). The van der Waals surface area contributed by atoms with Crippen LogP contribution in [0.5, 0.6) is 0 Å². The molecule has 2 aliphatic rings. The Hall–Kier alpha value is -1.68. The molecule has 1 aliphatic carbocycles. The molecule has 1 aromatic carbocycles. The molecule has 1 aliphatic heterocycles. The van der Waals surface area contributed by atoms with E-state index in [-0.39, 0.29) is 11.7 Å². The average Bonchev–Trinajstić information content (AvgIpc) is 2.61. The second-order valence-corrected chi connectivity index (χ2v) is 7.06. The van der Waals surface area contributed by atoms with Crippen LogP contribution in [0.2, 0.25) is 0 Å². The maximum atomic E-state index is 13.2. The Morgan fingerprint density at radius 1 is 1.25 bits per heavy atom. The van der Waals surface area contributed by atoms with Crippen LogP contribution in [0.1, 0.15) is 44.1 Å². The molecule has 0 aromatic heterocycles. The number of rotatable bonds is 5. The quantitative estimate of drug-likeness (QED) is 0.894. The van der Waals surface area contributed by atoms with E-state index in [0.717, 1.165) is 43.7 Å². The van der Waals surface area contributed by atoms with Gasteiger partial charge in [0.1, 0.15) is 5.82 Å². The van der Waals surface area contributed by atoms with Gasteiger partial charge in [-0.25, -0.2) is 4.39 Å². The highest BCUT2D eigenvalue weighted by Gasteiger charge is 2.19. The number of halogens is 1. The van der Waals surface area contributed by atoms with E-state index in [1.807, 2.05) is 12.1 Å². The Bertz CT molecular complexity index is 593. The van der Waals surface area contributed by atoms with Crippen molar-refractivity contribution in [2.24, 2.45) is 5.92 Å². The first-order valence-electron chi connectivity index (χ1n) is 9.15. The SMILES string of the molecule is O=C(NCC1CCCCC1)C1=CCN(Cc2cccc(F)c2)CC1. The van der Waals surface area contributed by atoms with Crippen molar-refractivity contribution in [2.75, 3.05) is 19.6 Å². The first-order valence-corrected chi connectivity index (χ1v) is 9.15. The minimum absolute atomic E-state index is 0.103. The van der Waals surface area contributed by atoms with Gasteiger partial charge in [-0.05, 0) is 42.9 Å². The zero-order chi connectivity index (χ0) is 16.8. The van der Waals surface area contributed by atoms with Crippen molar-refractivity contribution in [1.29, 1.82) is 0 Å². The third-order valence-electron chi connectivity index (χ3n) is 5.16. The highest BCUT2D eigenvalue weighted by Crippen LogP contribution is 2.23. The number of hydrogen-bond acceptors (Lipinski definition) is 2. The van der Waals surface area contributed by atoms with Gasteiger partial charge in [0, 0.05) is 31.8 Å². The maximum absolute atomic E-state index is 13.2. The molecule has 0 bridgehead atoms. The first-order chi connectivity index (χ1) is 11.7. The molecule has 1 N–H and O–H groups in total. The van der Waals surface area contributed by atoms with Crippen LogP contribution in [0.3, 0.4) is 0 Å². The normalized spacial score (nSPS) is 19.8. The summed E-state index contributed by atoms with van der Waals surface area (Å²) in [4.78, 5) is 14.5. The van der Waals surface area contributed by atoms with Crippen molar-refractivity contribution in [1.82, 2.24) is 10.2 Å². The Kier molecular flexibility index (Phi) is 6.02. The molecule has 0 spiro atoms. The van der Waals surface area contributed by atoms with Gasteiger partial charge in [0.05, 0.1) is 0 Å². The zero-order valence-electron chi connectivity index (χ0n) is 14.3. The summed E-state index contributed by atoms with van der Waals surface area (Å²) in [6, 6.07) is 6.73. The Labute approximate surface area is 143 Å². The van der Waals surface area contributed by atoms with E-state index >= 15 is 0 Å². The number of carbonyl (C=O) groups excluding carboxylic acids is 1. The fourth-order valence-electron chi connectivity index (χ4n) is 3.70. The Morgan fingerprint density at radius 2 is 2.08 bits per heavy atom. The topological polar surface area (TPSA) is 32.3 Å². The van der Waals surface area contributed by atoms with Crippen LogP contribution in [0, 0.1) is 11.7 Å². The number of benzene rings is 1. The molecule has 0 radical (unpaired) electrons. The van der Waals surface area contributed by atoms with E-state index < -0.39 is 0 Å². The van der Waals surface area contributed by atoms with Crippen LogP contribution in [0.4, 0.5) is 4.39 Å². The minimum atomic E-state index is -0.192. The Morgan fingerprint density at radius 3 is 2.79 bits per heavy atom. The number of carbonyl (C=O) groups is 1. The van der Waals surface area contributed by atoms with Crippen molar-refractivity contribution in [3.05, 3.63) is 47.3 Å². The molecular formula is C20H27FN2O. The van der Waals surface area contributed by atoms with E-state index in [1.54, 1.807) is 12.1 Å². The fraction of sp³-hybridized carbons (Fsp3) is 0.550. The second-order valence-electron chi connectivity index (χ2n) is 7.06. The molecular weight excluding hydrogens is 303 g/mol. The van der Waals surface area contributed by atoms with Gasteiger partial charge in [0.25, 0.3) is 0 Å².